The molecule has 0 atom stereocenters. The van der Waals surface area contributed by atoms with E-state index in [1.54, 1.807) is 36.2 Å². The average molecular weight is 289 g/mol. The minimum Gasteiger partial charge on any atom is -0.469 e. The van der Waals surface area contributed by atoms with Crippen LogP contribution in [0, 0.1) is 11.8 Å². The van der Waals surface area contributed by atoms with Crippen LogP contribution in [0.5, 0.6) is 0 Å². The Kier molecular flexibility index (Phi) is 6.99. The van der Waals surface area contributed by atoms with Gasteiger partial charge in [0.05, 0.1) is 7.11 Å². The predicted octanol–water partition coefficient (Wildman–Crippen LogP) is 1.06. The summed E-state index contributed by atoms with van der Waals surface area (Å²) in [6.07, 6.45) is 0.860. The maximum Gasteiger partial charge on any atom is 0.305 e. The summed E-state index contributed by atoms with van der Waals surface area (Å²) >= 11 is 0. The van der Waals surface area contributed by atoms with Crippen LogP contribution in [0.2, 0.25) is 0 Å². The molecule has 5 heteroatoms. The molecule has 0 aliphatic heterocycles. The number of carbonyl (C=O) groups is 2. The summed E-state index contributed by atoms with van der Waals surface area (Å²) in [6.45, 7) is 0.295. The smallest absolute Gasteiger partial charge is 0.305 e. The van der Waals surface area contributed by atoms with Crippen LogP contribution < -0.4 is 0 Å². The Hall–Kier alpha value is -2.32. The first-order chi connectivity index (χ1) is 10.1. The van der Waals surface area contributed by atoms with Gasteiger partial charge in [0.2, 0.25) is 0 Å². The largest absolute Gasteiger partial charge is 0.469 e. The van der Waals surface area contributed by atoms with Crippen LogP contribution in [-0.2, 0) is 9.53 Å². The number of ether oxygens (including phenoxy) is 1. The Morgan fingerprint density at radius 3 is 2.52 bits per heavy atom. The van der Waals surface area contributed by atoms with Crippen molar-refractivity contribution in [1.82, 2.24) is 4.90 Å². The molecule has 0 unspecified atom stereocenters. The van der Waals surface area contributed by atoms with Gasteiger partial charge >= 0.3 is 5.97 Å². The number of carbonyl (C=O) groups excluding carboxylic acids is 2. The van der Waals surface area contributed by atoms with Crippen molar-refractivity contribution in [3.63, 3.8) is 0 Å². The SMILES string of the molecule is COC(=O)CCCN(C)C(=O)c1ccc(C#CCO)cc1. The highest BCUT2D eigenvalue weighted by Gasteiger charge is 2.11. The number of nitrogens with zero attached hydrogens (tertiary/aromatic N) is 1. The monoisotopic (exact) mass is 289 g/mol. The normalized spacial score (nSPS) is 9.48. The van der Waals surface area contributed by atoms with E-state index >= 15 is 0 Å². The molecule has 5 nitrogen and oxygen atoms in total. The Morgan fingerprint density at radius 1 is 1.29 bits per heavy atom. The molecule has 1 N–H and O–H groups in total. The summed E-state index contributed by atoms with van der Waals surface area (Å²) in [6, 6.07) is 6.86. The molecule has 0 radical (unpaired) electrons. The number of aliphatic hydroxyl groups is 1. The van der Waals surface area contributed by atoms with E-state index < -0.39 is 0 Å². The Labute approximate surface area is 124 Å². The topological polar surface area (TPSA) is 66.8 Å². The fourth-order valence-electron chi connectivity index (χ4n) is 1.72. The minimum absolute atomic E-state index is 0.110. The average Bonchev–Trinajstić information content (AvgIpc) is 2.52. The van der Waals surface area contributed by atoms with Crippen molar-refractivity contribution in [3.8, 4) is 11.8 Å². The second kappa shape index (κ2) is 8.77. The van der Waals surface area contributed by atoms with Gasteiger partial charge in [-0.15, -0.1) is 0 Å². The highest BCUT2D eigenvalue weighted by molar-refractivity contribution is 5.94. The summed E-state index contributed by atoms with van der Waals surface area (Å²) in [5, 5.41) is 8.62. The molecule has 0 spiro atoms. The van der Waals surface area contributed by atoms with Crippen LogP contribution in [0.25, 0.3) is 0 Å². The molecule has 0 heterocycles. The van der Waals surface area contributed by atoms with Crippen molar-refractivity contribution in [2.24, 2.45) is 0 Å². The molecule has 0 bridgehead atoms. The first-order valence-electron chi connectivity index (χ1n) is 6.60. The number of hydrogen-bond acceptors (Lipinski definition) is 4. The van der Waals surface area contributed by atoms with Gasteiger partial charge in [-0.3, -0.25) is 9.59 Å². The Bertz CT molecular complexity index is 540. The minimum atomic E-state index is -0.275. The van der Waals surface area contributed by atoms with E-state index in [0.29, 0.717) is 24.9 Å². The molecule has 1 aromatic carbocycles. The summed E-state index contributed by atoms with van der Waals surface area (Å²) in [7, 11) is 3.04. The fraction of sp³-hybridized carbons (Fsp3) is 0.375. The molecule has 1 amide bonds. The van der Waals surface area contributed by atoms with E-state index in [1.807, 2.05) is 0 Å². The van der Waals surface area contributed by atoms with E-state index in [2.05, 4.69) is 16.6 Å². The maximum absolute atomic E-state index is 12.1. The van der Waals surface area contributed by atoms with Crippen molar-refractivity contribution in [2.45, 2.75) is 12.8 Å². The molecule has 21 heavy (non-hydrogen) atoms. The number of aliphatic hydroxyl groups excluding tert-OH is 1. The van der Waals surface area contributed by atoms with Gasteiger partial charge in [-0.25, -0.2) is 0 Å². The van der Waals surface area contributed by atoms with Crippen molar-refractivity contribution in [1.29, 1.82) is 0 Å². The first kappa shape index (κ1) is 16.7. The van der Waals surface area contributed by atoms with Gasteiger partial charge < -0.3 is 14.7 Å². The van der Waals surface area contributed by atoms with Crippen molar-refractivity contribution in [2.75, 3.05) is 27.3 Å². The lowest BCUT2D eigenvalue weighted by atomic mass is 10.1. The fourth-order valence-corrected chi connectivity index (χ4v) is 1.72. The third kappa shape index (κ3) is 5.67. The number of methoxy groups -OCH3 is 1. The van der Waals surface area contributed by atoms with Crippen molar-refractivity contribution >= 4 is 11.9 Å². The standard InChI is InChI=1S/C16H19NO4/c1-17(11-3-6-15(19)21-2)16(20)14-9-7-13(8-10-14)5-4-12-18/h7-10,18H,3,6,11-12H2,1-2H3. The van der Waals surface area contributed by atoms with Gasteiger partial charge in [-0.05, 0) is 30.7 Å². The van der Waals surface area contributed by atoms with Crippen LogP contribution in [0.4, 0.5) is 0 Å². The van der Waals surface area contributed by atoms with Gasteiger partial charge in [0.1, 0.15) is 6.61 Å². The van der Waals surface area contributed by atoms with Crippen LogP contribution in [0.15, 0.2) is 24.3 Å². The molecule has 112 valence electrons. The van der Waals surface area contributed by atoms with Gasteiger partial charge in [-0.1, -0.05) is 11.8 Å². The second-order valence-corrected chi connectivity index (χ2v) is 4.44. The number of rotatable bonds is 5. The van der Waals surface area contributed by atoms with Crippen LogP contribution in [0.3, 0.4) is 0 Å². The molecule has 0 aliphatic carbocycles. The first-order valence-corrected chi connectivity index (χ1v) is 6.60. The third-order valence-corrected chi connectivity index (χ3v) is 2.89. The van der Waals surface area contributed by atoms with Crippen molar-refractivity contribution < 1.29 is 19.4 Å². The third-order valence-electron chi connectivity index (χ3n) is 2.89. The second-order valence-electron chi connectivity index (χ2n) is 4.44. The molecular weight excluding hydrogens is 270 g/mol. The predicted molar refractivity (Wildman–Crippen MR) is 78.6 cm³/mol. The number of hydrogen-bond donors (Lipinski definition) is 1. The van der Waals surface area contributed by atoms with Gasteiger partial charge in [0.25, 0.3) is 5.91 Å². The summed E-state index contributed by atoms with van der Waals surface area (Å²) < 4.78 is 4.55. The Morgan fingerprint density at radius 2 is 1.95 bits per heavy atom. The highest BCUT2D eigenvalue weighted by atomic mass is 16.5. The van der Waals surface area contributed by atoms with Gasteiger partial charge in [-0.2, -0.15) is 0 Å². The summed E-state index contributed by atoms with van der Waals surface area (Å²) in [5.74, 6) is 4.93. The van der Waals surface area contributed by atoms with E-state index in [-0.39, 0.29) is 18.5 Å². The van der Waals surface area contributed by atoms with Crippen LogP contribution in [0.1, 0.15) is 28.8 Å². The zero-order valence-electron chi connectivity index (χ0n) is 12.3. The highest BCUT2D eigenvalue weighted by Crippen LogP contribution is 2.07. The lowest BCUT2D eigenvalue weighted by molar-refractivity contribution is -0.140. The number of amides is 1. The van der Waals surface area contributed by atoms with Gasteiger partial charge in [0, 0.05) is 31.1 Å². The maximum atomic E-state index is 12.1. The van der Waals surface area contributed by atoms with E-state index in [1.165, 1.54) is 7.11 Å². The van der Waals surface area contributed by atoms with E-state index in [4.69, 9.17) is 5.11 Å². The van der Waals surface area contributed by atoms with Crippen LogP contribution >= 0.6 is 0 Å². The zero-order valence-corrected chi connectivity index (χ0v) is 12.3. The summed E-state index contributed by atoms with van der Waals surface area (Å²) in [4.78, 5) is 24.7. The Balaban J connectivity index is 2.55. The van der Waals surface area contributed by atoms with E-state index in [9.17, 15) is 9.59 Å². The quantitative estimate of drug-likeness (QED) is 0.650. The van der Waals surface area contributed by atoms with E-state index in [0.717, 1.165) is 5.56 Å². The molecule has 0 fully saturated rings. The van der Waals surface area contributed by atoms with Crippen molar-refractivity contribution in [3.05, 3.63) is 35.4 Å². The lowest BCUT2D eigenvalue weighted by Gasteiger charge is -2.16. The molecule has 1 rings (SSSR count). The molecule has 1 aromatic rings. The number of esters is 1. The molecule has 0 aliphatic rings. The summed E-state index contributed by atoms with van der Waals surface area (Å²) in [5.41, 5.74) is 1.30. The zero-order chi connectivity index (χ0) is 15.7. The number of benzene rings is 1. The molecule has 0 aromatic heterocycles. The van der Waals surface area contributed by atoms with Gasteiger partial charge in [0.15, 0.2) is 0 Å². The lowest BCUT2D eigenvalue weighted by Crippen LogP contribution is -2.28. The molecular formula is C16H19NO4. The molecule has 0 saturated carbocycles. The molecule has 0 saturated heterocycles. The van der Waals surface area contributed by atoms with Crippen LogP contribution in [-0.4, -0.2) is 49.2 Å².